The molecule has 0 unspecified atom stereocenters. The molecule has 2 aromatic heterocycles. The number of nitrogens with zero attached hydrogens (tertiary/aromatic N) is 2. The Morgan fingerprint density at radius 2 is 2.38 bits per heavy atom. The third kappa shape index (κ3) is 3.56. The zero-order valence-electron chi connectivity index (χ0n) is 13.9. The summed E-state index contributed by atoms with van der Waals surface area (Å²) in [7, 11) is 1.52. The molecule has 0 spiro atoms. The van der Waals surface area contributed by atoms with Crippen molar-refractivity contribution in [1.82, 2.24) is 20.5 Å². The topological polar surface area (TPSA) is 89.1 Å². The lowest BCUT2D eigenvalue weighted by atomic mass is 9.91. The SMILES string of the molecule is COc1nc(C)ccc1C(=O)NC[C@@H]1CCCO[C@H]1c1cn[nH]c1. The van der Waals surface area contributed by atoms with Crippen LogP contribution in [0.1, 0.15) is 40.6 Å². The van der Waals surface area contributed by atoms with Crippen molar-refractivity contribution in [1.29, 1.82) is 0 Å². The first-order valence-electron chi connectivity index (χ1n) is 8.09. The molecule has 128 valence electrons. The van der Waals surface area contributed by atoms with Crippen molar-refractivity contribution in [2.75, 3.05) is 20.3 Å². The number of aromatic amines is 1. The van der Waals surface area contributed by atoms with E-state index in [1.165, 1.54) is 7.11 Å². The van der Waals surface area contributed by atoms with Crippen molar-refractivity contribution < 1.29 is 14.3 Å². The quantitative estimate of drug-likeness (QED) is 0.875. The molecule has 3 heterocycles. The fraction of sp³-hybridized carbons (Fsp3) is 0.471. The summed E-state index contributed by atoms with van der Waals surface area (Å²) < 4.78 is 11.1. The maximum absolute atomic E-state index is 12.5. The second kappa shape index (κ2) is 7.44. The Balaban J connectivity index is 1.67. The predicted octanol–water partition coefficient (Wildman–Crippen LogP) is 2.02. The normalized spacial score (nSPS) is 20.6. The van der Waals surface area contributed by atoms with Crippen LogP contribution in [0, 0.1) is 12.8 Å². The van der Waals surface area contributed by atoms with Gasteiger partial charge in [0.25, 0.3) is 5.91 Å². The summed E-state index contributed by atoms with van der Waals surface area (Å²) in [6, 6.07) is 3.54. The van der Waals surface area contributed by atoms with Crippen molar-refractivity contribution in [3.05, 3.63) is 41.3 Å². The van der Waals surface area contributed by atoms with Gasteiger partial charge in [-0.05, 0) is 31.9 Å². The lowest BCUT2D eigenvalue weighted by Crippen LogP contribution is -2.35. The number of methoxy groups -OCH3 is 1. The van der Waals surface area contributed by atoms with E-state index in [0.29, 0.717) is 18.0 Å². The van der Waals surface area contributed by atoms with Gasteiger partial charge in [0.2, 0.25) is 5.88 Å². The molecule has 0 aliphatic carbocycles. The minimum absolute atomic E-state index is 0.0455. The van der Waals surface area contributed by atoms with Gasteiger partial charge in [0.05, 0.1) is 19.4 Å². The van der Waals surface area contributed by atoms with Crippen molar-refractivity contribution in [3.63, 3.8) is 0 Å². The molecule has 1 fully saturated rings. The van der Waals surface area contributed by atoms with Crippen LogP contribution >= 0.6 is 0 Å². The molecule has 7 heteroatoms. The van der Waals surface area contributed by atoms with E-state index in [2.05, 4.69) is 20.5 Å². The molecule has 1 aliphatic rings. The zero-order valence-corrected chi connectivity index (χ0v) is 13.9. The van der Waals surface area contributed by atoms with Crippen LogP contribution in [0.5, 0.6) is 5.88 Å². The third-order valence-electron chi connectivity index (χ3n) is 4.26. The van der Waals surface area contributed by atoms with Crippen LogP contribution in [-0.2, 0) is 4.74 Å². The second-order valence-electron chi connectivity index (χ2n) is 5.94. The average Bonchev–Trinajstić information content (AvgIpc) is 3.14. The second-order valence-corrected chi connectivity index (χ2v) is 5.94. The number of aromatic nitrogens is 3. The number of rotatable bonds is 5. The third-order valence-corrected chi connectivity index (χ3v) is 4.26. The van der Waals surface area contributed by atoms with Crippen molar-refractivity contribution in [2.24, 2.45) is 5.92 Å². The molecule has 0 saturated carbocycles. The molecule has 0 bridgehead atoms. The van der Waals surface area contributed by atoms with Crippen LogP contribution in [0.3, 0.4) is 0 Å². The van der Waals surface area contributed by atoms with E-state index in [-0.39, 0.29) is 17.9 Å². The van der Waals surface area contributed by atoms with Crippen molar-refractivity contribution in [3.8, 4) is 5.88 Å². The van der Waals surface area contributed by atoms with Gasteiger partial charge in [-0.2, -0.15) is 5.10 Å². The molecule has 0 aromatic carbocycles. The van der Waals surface area contributed by atoms with E-state index >= 15 is 0 Å². The van der Waals surface area contributed by atoms with Gasteiger partial charge in [-0.25, -0.2) is 4.98 Å². The Labute approximate surface area is 140 Å². The molecule has 2 N–H and O–H groups in total. The Bertz CT molecular complexity index is 687. The standard InChI is InChI=1S/C17H22N4O3/c1-11-5-6-14(17(21-11)23-2)16(22)18-8-12-4-3-7-24-15(12)13-9-19-20-10-13/h5-6,9-10,12,15H,3-4,7-8H2,1-2H3,(H,18,22)(H,19,20)/t12-,15+/m0/s1. The first-order valence-corrected chi connectivity index (χ1v) is 8.09. The summed E-state index contributed by atoms with van der Waals surface area (Å²) in [5, 5.41) is 9.79. The Morgan fingerprint density at radius 3 is 3.12 bits per heavy atom. The highest BCUT2D eigenvalue weighted by atomic mass is 16.5. The number of amides is 1. The summed E-state index contributed by atoms with van der Waals surface area (Å²) >= 11 is 0. The number of carbonyl (C=O) groups excluding carboxylic acids is 1. The number of pyridine rings is 1. The maximum Gasteiger partial charge on any atom is 0.256 e. The van der Waals surface area contributed by atoms with E-state index in [1.54, 1.807) is 18.3 Å². The maximum atomic E-state index is 12.5. The first kappa shape index (κ1) is 16.4. The van der Waals surface area contributed by atoms with Gasteiger partial charge in [-0.3, -0.25) is 9.89 Å². The van der Waals surface area contributed by atoms with E-state index < -0.39 is 0 Å². The predicted molar refractivity (Wildman–Crippen MR) is 87.9 cm³/mol. The number of H-pyrrole nitrogens is 1. The van der Waals surface area contributed by atoms with E-state index in [4.69, 9.17) is 9.47 Å². The molecule has 0 radical (unpaired) electrons. The van der Waals surface area contributed by atoms with Crippen LogP contribution < -0.4 is 10.1 Å². The highest BCUT2D eigenvalue weighted by Crippen LogP contribution is 2.32. The smallest absolute Gasteiger partial charge is 0.256 e. The van der Waals surface area contributed by atoms with E-state index in [9.17, 15) is 4.79 Å². The number of ether oxygens (including phenoxy) is 2. The van der Waals surface area contributed by atoms with Gasteiger partial charge in [0.15, 0.2) is 0 Å². The molecule has 1 aliphatic heterocycles. The highest BCUT2D eigenvalue weighted by Gasteiger charge is 2.28. The molecule has 24 heavy (non-hydrogen) atoms. The Morgan fingerprint density at radius 1 is 1.50 bits per heavy atom. The van der Waals surface area contributed by atoms with E-state index in [0.717, 1.165) is 30.7 Å². The molecule has 1 saturated heterocycles. The van der Waals surface area contributed by atoms with Crippen molar-refractivity contribution >= 4 is 5.91 Å². The van der Waals surface area contributed by atoms with Gasteiger partial charge in [-0.1, -0.05) is 0 Å². The van der Waals surface area contributed by atoms with Crippen molar-refractivity contribution in [2.45, 2.75) is 25.9 Å². The highest BCUT2D eigenvalue weighted by molar-refractivity contribution is 5.96. The molecular weight excluding hydrogens is 308 g/mol. The number of aryl methyl sites for hydroxylation is 1. The van der Waals surface area contributed by atoms with Crippen LogP contribution in [0.15, 0.2) is 24.5 Å². The summed E-state index contributed by atoms with van der Waals surface area (Å²) in [6.45, 7) is 3.13. The largest absolute Gasteiger partial charge is 0.480 e. The first-order chi connectivity index (χ1) is 11.7. The fourth-order valence-electron chi connectivity index (χ4n) is 3.02. The molecule has 2 atom stereocenters. The van der Waals surface area contributed by atoms with Crippen LogP contribution in [-0.4, -0.2) is 41.3 Å². The fourth-order valence-corrected chi connectivity index (χ4v) is 3.02. The zero-order chi connectivity index (χ0) is 16.9. The Hall–Kier alpha value is -2.41. The van der Waals surface area contributed by atoms with Gasteiger partial charge >= 0.3 is 0 Å². The number of nitrogens with one attached hydrogen (secondary N) is 2. The van der Waals surface area contributed by atoms with Crippen LogP contribution in [0.25, 0.3) is 0 Å². The van der Waals surface area contributed by atoms with Gasteiger partial charge in [0.1, 0.15) is 5.56 Å². The Kier molecular flexibility index (Phi) is 5.10. The number of carbonyl (C=O) groups is 1. The minimum atomic E-state index is -0.184. The van der Waals surface area contributed by atoms with E-state index in [1.807, 2.05) is 13.1 Å². The molecular formula is C17H22N4O3. The van der Waals surface area contributed by atoms with Crippen LogP contribution in [0.4, 0.5) is 0 Å². The molecule has 1 amide bonds. The summed E-state index contributed by atoms with van der Waals surface area (Å²) in [5.41, 5.74) is 2.27. The lowest BCUT2D eigenvalue weighted by Gasteiger charge is -2.31. The summed E-state index contributed by atoms with van der Waals surface area (Å²) in [4.78, 5) is 16.7. The number of hydrogen-bond donors (Lipinski definition) is 2. The average molecular weight is 330 g/mol. The van der Waals surface area contributed by atoms with Crippen LogP contribution in [0.2, 0.25) is 0 Å². The monoisotopic (exact) mass is 330 g/mol. The molecule has 7 nitrogen and oxygen atoms in total. The van der Waals surface area contributed by atoms with Gasteiger partial charge < -0.3 is 14.8 Å². The minimum Gasteiger partial charge on any atom is -0.480 e. The number of hydrogen-bond acceptors (Lipinski definition) is 5. The van der Waals surface area contributed by atoms with Gasteiger partial charge in [-0.15, -0.1) is 0 Å². The molecule has 3 rings (SSSR count). The lowest BCUT2D eigenvalue weighted by molar-refractivity contribution is -0.0272. The summed E-state index contributed by atoms with van der Waals surface area (Å²) in [5.74, 6) is 0.374. The van der Waals surface area contributed by atoms with Gasteiger partial charge in [0, 0.05) is 36.5 Å². The molecule has 2 aromatic rings. The summed E-state index contributed by atoms with van der Waals surface area (Å²) in [6.07, 6.45) is 5.56.